The highest BCUT2D eigenvalue weighted by Crippen LogP contribution is 2.28. The summed E-state index contributed by atoms with van der Waals surface area (Å²) in [5.74, 6) is 6.13. The number of ether oxygens (including phenoxy) is 1. The van der Waals surface area contributed by atoms with E-state index in [9.17, 15) is 4.39 Å². The zero-order valence-electron chi connectivity index (χ0n) is 10.0. The summed E-state index contributed by atoms with van der Waals surface area (Å²) in [6.07, 6.45) is 0.507. The van der Waals surface area contributed by atoms with E-state index in [1.54, 1.807) is 30.6 Å². The predicted octanol–water partition coefficient (Wildman–Crippen LogP) is 2.64. The minimum Gasteiger partial charge on any atom is -0.496 e. The Morgan fingerprint density at radius 3 is 2.83 bits per heavy atom. The van der Waals surface area contributed by atoms with Crippen molar-refractivity contribution in [3.05, 3.63) is 52.0 Å². The molecule has 0 aliphatic rings. The average Bonchev–Trinajstić information content (AvgIpc) is 2.86. The summed E-state index contributed by atoms with van der Waals surface area (Å²) in [6.45, 7) is 0. The van der Waals surface area contributed by atoms with Crippen molar-refractivity contribution < 1.29 is 9.13 Å². The van der Waals surface area contributed by atoms with Crippen molar-refractivity contribution in [2.24, 2.45) is 5.84 Å². The maximum atomic E-state index is 13.6. The van der Waals surface area contributed by atoms with Gasteiger partial charge in [0, 0.05) is 10.3 Å². The van der Waals surface area contributed by atoms with E-state index in [4.69, 9.17) is 10.6 Å². The van der Waals surface area contributed by atoms with Crippen LogP contribution >= 0.6 is 11.3 Å². The van der Waals surface area contributed by atoms with E-state index in [-0.39, 0.29) is 11.9 Å². The van der Waals surface area contributed by atoms with E-state index in [2.05, 4.69) is 5.43 Å². The lowest BCUT2D eigenvalue weighted by Crippen LogP contribution is -2.29. The van der Waals surface area contributed by atoms with Gasteiger partial charge in [0.05, 0.1) is 13.2 Å². The summed E-state index contributed by atoms with van der Waals surface area (Å²) in [7, 11) is 1.62. The first-order chi connectivity index (χ1) is 8.74. The molecule has 96 valence electrons. The highest BCUT2D eigenvalue weighted by molar-refractivity contribution is 7.10. The number of hydrogen-bond acceptors (Lipinski definition) is 4. The first-order valence-corrected chi connectivity index (χ1v) is 6.44. The molecule has 0 spiro atoms. The number of nitrogens with two attached hydrogens (primary N) is 1. The van der Waals surface area contributed by atoms with Gasteiger partial charge in [0.25, 0.3) is 0 Å². The van der Waals surface area contributed by atoms with E-state index >= 15 is 0 Å². The van der Waals surface area contributed by atoms with Gasteiger partial charge in [-0.2, -0.15) is 0 Å². The number of benzene rings is 1. The second-order valence-electron chi connectivity index (χ2n) is 3.90. The van der Waals surface area contributed by atoms with Gasteiger partial charge in [0.2, 0.25) is 0 Å². The minimum atomic E-state index is -0.207. The van der Waals surface area contributed by atoms with Crippen LogP contribution in [0.1, 0.15) is 16.5 Å². The van der Waals surface area contributed by atoms with Crippen molar-refractivity contribution in [3.63, 3.8) is 0 Å². The number of halogens is 1. The summed E-state index contributed by atoms with van der Waals surface area (Å²) < 4.78 is 18.7. The first-order valence-electron chi connectivity index (χ1n) is 5.56. The summed E-state index contributed by atoms with van der Waals surface area (Å²) in [5, 5.41) is 1.90. The van der Waals surface area contributed by atoms with Crippen LogP contribution in [0.4, 0.5) is 4.39 Å². The van der Waals surface area contributed by atoms with Gasteiger partial charge in [-0.25, -0.2) is 4.39 Å². The highest BCUT2D eigenvalue weighted by Gasteiger charge is 2.15. The second kappa shape index (κ2) is 5.95. The molecule has 1 aromatic carbocycles. The number of rotatable bonds is 5. The summed E-state index contributed by atoms with van der Waals surface area (Å²) in [4.78, 5) is 1.03. The molecule has 1 heterocycles. The van der Waals surface area contributed by atoms with Gasteiger partial charge >= 0.3 is 0 Å². The largest absolute Gasteiger partial charge is 0.496 e. The molecule has 0 aliphatic carbocycles. The van der Waals surface area contributed by atoms with Crippen molar-refractivity contribution in [2.45, 2.75) is 12.5 Å². The predicted molar refractivity (Wildman–Crippen MR) is 71.0 cm³/mol. The molecule has 2 aromatic rings. The summed E-state index contributed by atoms with van der Waals surface area (Å²) >= 11 is 1.54. The Labute approximate surface area is 109 Å². The van der Waals surface area contributed by atoms with Crippen LogP contribution in [-0.2, 0) is 6.42 Å². The third kappa shape index (κ3) is 2.87. The maximum Gasteiger partial charge on any atom is 0.129 e. The maximum absolute atomic E-state index is 13.6. The molecular weight excluding hydrogens is 251 g/mol. The lowest BCUT2D eigenvalue weighted by molar-refractivity contribution is 0.415. The zero-order valence-corrected chi connectivity index (χ0v) is 10.8. The molecule has 0 aliphatic heterocycles. The van der Waals surface area contributed by atoms with Crippen molar-refractivity contribution in [1.29, 1.82) is 0 Å². The second-order valence-corrected chi connectivity index (χ2v) is 4.85. The van der Waals surface area contributed by atoms with E-state index in [1.807, 2.05) is 17.5 Å². The molecule has 2 rings (SSSR count). The normalized spacial score (nSPS) is 12.4. The Balaban J connectivity index is 2.17. The fourth-order valence-electron chi connectivity index (χ4n) is 1.75. The molecule has 0 fully saturated rings. The molecule has 0 amide bonds. The number of hydrogen-bond donors (Lipinski definition) is 2. The fourth-order valence-corrected chi connectivity index (χ4v) is 2.67. The number of nitrogens with one attached hydrogen (secondary N) is 1. The molecule has 0 saturated carbocycles. The van der Waals surface area contributed by atoms with Crippen LogP contribution in [0.25, 0.3) is 0 Å². The SMILES string of the molecule is COc1csc(C(Cc2ccccc2F)NN)c1. The van der Waals surface area contributed by atoms with Crippen LogP contribution in [0.5, 0.6) is 5.75 Å². The Hall–Kier alpha value is -1.43. The van der Waals surface area contributed by atoms with Crippen LogP contribution in [0.3, 0.4) is 0 Å². The number of thiophene rings is 1. The molecule has 0 radical (unpaired) electrons. The molecule has 0 saturated heterocycles. The minimum absolute atomic E-state index is 0.115. The number of hydrazine groups is 1. The molecule has 3 nitrogen and oxygen atoms in total. The van der Waals surface area contributed by atoms with Gasteiger partial charge in [0.15, 0.2) is 0 Å². The van der Waals surface area contributed by atoms with Crippen LogP contribution in [0.15, 0.2) is 35.7 Å². The standard InChI is InChI=1S/C13H15FN2OS/c1-17-10-7-13(18-8-10)12(16-15)6-9-4-2-3-5-11(9)14/h2-5,7-8,12,16H,6,15H2,1H3. The van der Waals surface area contributed by atoms with Gasteiger partial charge in [-0.1, -0.05) is 18.2 Å². The molecule has 1 unspecified atom stereocenters. The molecule has 1 atom stereocenters. The Bertz CT molecular complexity index is 515. The Kier molecular flexibility index (Phi) is 4.30. The summed E-state index contributed by atoms with van der Waals surface area (Å²) in [5.41, 5.74) is 3.37. The fraction of sp³-hybridized carbons (Fsp3) is 0.231. The lowest BCUT2D eigenvalue weighted by Gasteiger charge is -2.14. The molecular formula is C13H15FN2OS. The van der Waals surface area contributed by atoms with Crippen molar-refractivity contribution >= 4 is 11.3 Å². The monoisotopic (exact) mass is 266 g/mol. The molecule has 5 heteroatoms. The molecule has 3 N–H and O–H groups in total. The van der Waals surface area contributed by atoms with Crippen molar-refractivity contribution in [2.75, 3.05) is 7.11 Å². The molecule has 0 bridgehead atoms. The quantitative estimate of drug-likeness (QED) is 0.646. The molecule has 1 aromatic heterocycles. The van der Waals surface area contributed by atoms with Gasteiger partial charge in [-0.05, 0) is 24.1 Å². The van der Waals surface area contributed by atoms with Gasteiger partial charge in [0.1, 0.15) is 11.6 Å². The van der Waals surface area contributed by atoms with E-state index < -0.39 is 0 Å². The third-order valence-corrected chi connectivity index (χ3v) is 3.78. The lowest BCUT2D eigenvalue weighted by atomic mass is 10.0. The number of methoxy groups -OCH3 is 1. The van der Waals surface area contributed by atoms with Gasteiger partial charge < -0.3 is 4.74 Å². The van der Waals surface area contributed by atoms with E-state index in [0.717, 1.165) is 10.6 Å². The van der Waals surface area contributed by atoms with Gasteiger partial charge in [-0.3, -0.25) is 11.3 Å². The Morgan fingerprint density at radius 2 is 2.22 bits per heavy atom. The van der Waals surface area contributed by atoms with Crippen LogP contribution in [-0.4, -0.2) is 7.11 Å². The van der Waals surface area contributed by atoms with E-state index in [0.29, 0.717) is 12.0 Å². The average molecular weight is 266 g/mol. The third-order valence-electron chi connectivity index (χ3n) is 2.76. The topological polar surface area (TPSA) is 47.3 Å². The zero-order chi connectivity index (χ0) is 13.0. The van der Waals surface area contributed by atoms with E-state index in [1.165, 1.54) is 6.07 Å². The smallest absolute Gasteiger partial charge is 0.129 e. The van der Waals surface area contributed by atoms with Gasteiger partial charge in [-0.15, -0.1) is 11.3 Å². The van der Waals surface area contributed by atoms with Crippen LogP contribution in [0.2, 0.25) is 0 Å². The summed E-state index contributed by atoms with van der Waals surface area (Å²) in [6, 6.07) is 8.52. The van der Waals surface area contributed by atoms with Crippen LogP contribution in [0, 0.1) is 5.82 Å². The highest BCUT2D eigenvalue weighted by atomic mass is 32.1. The van der Waals surface area contributed by atoms with Crippen molar-refractivity contribution in [3.8, 4) is 5.75 Å². The Morgan fingerprint density at radius 1 is 1.44 bits per heavy atom. The van der Waals surface area contributed by atoms with Crippen LogP contribution < -0.4 is 16.0 Å². The first kappa shape index (κ1) is 13.0. The molecule has 18 heavy (non-hydrogen) atoms. The van der Waals surface area contributed by atoms with Crippen molar-refractivity contribution in [1.82, 2.24) is 5.43 Å².